The van der Waals surface area contributed by atoms with E-state index in [9.17, 15) is 19.5 Å². The zero-order valence-corrected chi connectivity index (χ0v) is 11.7. The highest BCUT2D eigenvalue weighted by molar-refractivity contribution is 6.19. The Labute approximate surface area is 122 Å². The van der Waals surface area contributed by atoms with Crippen LogP contribution in [0.4, 0.5) is 5.69 Å². The van der Waals surface area contributed by atoms with Crippen molar-refractivity contribution in [1.82, 2.24) is 0 Å². The molecular weight excluding hydrogens is 270 g/mol. The predicted octanol–water partition coefficient (Wildman–Crippen LogP) is 2.60. The zero-order chi connectivity index (χ0) is 15.0. The molecule has 0 bridgehead atoms. The van der Waals surface area contributed by atoms with E-state index in [1.165, 1.54) is 12.1 Å². The molecular formula is C16H17NO4. The third-order valence-corrected chi connectivity index (χ3v) is 4.59. The van der Waals surface area contributed by atoms with Gasteiger partial charge in [-0.25, -0.2) is 9.69 Å². The van der Waals surface area contributed by atoms with Crippen LogP contribution in [0.1, 0.15) is 48.9 Å². The van der Waals surface area contributed by atoms with Crippen molar-refractivity contribution in [2.75, 3.05) is 4.90 Å². The van der Waals surface area contributed by atoms with Gasteiger partial charge in [-0.2, -0.15) is 0 Å². The van der Waals surface area contributed by atoms with Gasteiger partial charge in [-0.1, -0.05) is 25.0 Å². The molecule has 3 rings (SSSR count). The van der Waals surface area contributed by atoms with Gasteiger partial charge in [-0.05, 0) is 30.4 Å². The summed E-state index contributed by atoms with van der Waals surface area (Å²) in [5.74, 6) is -1.68. The first kappa shape index (κ1) is 13.8. The maximum atomic E-state index is 12.5. The Kier molecular flexibility index (Phi) is 3.27. The second kappa shape index (κ2) is 4.98. The second-order valence-corrected chi connectivity index (χ2v) is 6.01. The van der Waals surface area contributed by atoms with E-state index in [4.69, 9.17) is 0 Å². The number of carbonyl (C=O) groups excluding carboxylic acids is 2. The Morgan fingerprint density at radius 3 is 2.19 bits per heavy atom. The van der Waals surface area contributed by atoms with Crippen LogP contribution in [0.3, 0.4) is 0 Å². The number of hydrogen-bond acceptors (Lipinski definition) is 3. The highest BCUT2D eigenvalue weighted by Gasteiger charge is 2.46. The molecule has 1 aromatic carbocycles. The van der Waals surface area contributed by atoms with Gasteiger partial charge >= 0.3 is 5.97 Å². The van der Waals surface area contributed by atoms with Gasteiger partial charge in [0.1, 0.15) is 0 Å². The maximum absolute atomic E-state index is 12.5. The topological polar surface area (TPSA) is 74.7 Å². The van der Waals surface area contributed by atoms with Crippen LogP contribution in [0.2, 0.25) is 0 Å². The summed E-state index contributed by atoms with van der Waals surface area (Å²) in [4.78, 5) is 37.2. The van der Waals surface area contributed by atoms with E-state index in [2.05, 4.69) is 0 Å². The van der Waals surface area contributed by atoms with Crippen LogP contribution in [0.5, 0.6) is 0 Å². The van der Waals surface area contributed by atoms with E-state index < -0.39 is 5.97 Å². The second-order valence-electron chi connectivity index (χ2n) is 6.01. The Hall–Kier alpha value is -2.17. The molecule has 0 atom stereocenters. The number of aromatic carboxylic acids is 1. The monoisotopic (exact) mass is 287 g/mol. The van der Waals surface area contributed by atoms with Gasteiger partial charge in [-0.15, -0.1) is 0 Å². The third kappa shape index (κ3) is 2.33. The number of rotatable bonds is 2. The Morgan fingerprint density at radius 2 is 1.62 bits per heavy atom. The number of nitrogens with zero attached hydrogens (tertiary/aromatic N) is 1. The van der Waals surface area contributed by atoms with Crippen LogP contribution in [0.15, 0.2) is 24.3 Å². The minimum Gasteiger partial charge on any atom is -0.478 e. The van der Waals surface area contributed by atoms with E-state index in [1.807, 2.05) is 0 Å². The van der Waals surface area contributed by atoms with Crippen molar-refractivity contribution >= 4 is 23.5 Å². The van der Waals surface area contributed by atoms with Crippen LogP contribution in [0, 0.1) is 5.41 Å². The van der Waals surface area contributed by atoms with E-state index >= 15 is 0 Å². The van der Waals surface area contributed by atoms with Crippen molar-refractivity contribution in [2.45, 2.75) is 38.5 Å². The first-order valence-electron chi connectivity index (χ1n) is 7.21. The molecule has 21 heavy (non-hydrogen) atoms. The molecule has 1 spiro atoms. The quantitative estimate of drug-likeness (QED) is 0.848. The number of carbonyl (C=O) groups is 3. The van der Waals surface area contributed by atoms with Crippen molar-refractivity contribution in [3.8, 4) is 0 Å². The Morgan fingerprint density at radius 1 is 1.05 bits per heavy atom. The molecule has 1 saturated heterocycles. The van der Waals surface area contributed by atoms with Crippen molar-refractivity contribution in [1.29, 1.82) is 0 Å². The smallest absolute Gasteiger partial charge is 0.337 e. The zero-order valence-electron chi connectivity index (χ0n) is 11.7. The lowest BCUT2D eigenvalue weighted by Gasteiger charge is -2.37. The summed E-state index contributed by atoms with van der Waals surface area (Å²) < 4.78 is 0. The molecule has 1 aliphatic heterocycles. The highest BCUT2D eigenvalue weighted by atomic mass is 16.4. The number of hydrogen-bond donors (Lipinski definition) is 1. The first-order valence-corrected chi connectivity index (χ1v) is 7.21. The molecule has 5 heteroatoms. The lowest BCUT2D eigenvalue weighted by Crippen LogP contribution is -2.47. The number of benzene rings is 1. The predicted molar refractivity (Wildman–Crippen MR) is 76.0 cm³/mol. The lowest BCUT2D eigenvalue weighted by molar-refractivity contribution is -0.133. The summed E-state index contributed by atoms with van der Waals surface area (Å²) in [6.07, 6.45) is 4.63. The molecule has 2 aliphatic rings. The molecule has 2 fully saturated rings. The van der Waals surface area contributed by atoms with Gasteiger partial charge in [0.05, 0.1) is 11.3 Å². The van der Waals surface area contributed by atoms with Crippen LogP contribution < -0.4 is 4.90 Å². The molecule has 110 valence electrons. The molecule has 1 saturated carbocycles. The van der Waals surface area contributed by atoms with Gasteiger partial charge < -0.3 is 5.11 Å². The molecule has 1 aromatic rings. The van der Waals surface area contributed by atoms with Crippen molar-refractivity contribution < 1.29 is 19.5 Å². The SMILES string of the molecule is O=C(O)c1ccccc1N1C(=O)CC2(CCCC2)CC1=O. The normalized spacial score (nSPS) is 21.0. The Balaban J connectivity index is 1.95. The van der Waals surface area contributed by atoms with Crippen LogP contribution in [-0.4, -0.2) is 22.9 Å². The van der Waals surface area contributed by atoms with E-state index in [0.717, 1.165) is 30.6 Å². The Bertz CT molecular complexity index is 596. The number of carboxylic acids is 1. The molecule has 5 nitrogen and oxygen atoms in total. The number of anilines is 1. The standard InChI is InChI=1S/C16H17NO4/c18-13-9-16(7-3-4-8-16)10-14(19)17(13)12-6-2-1-5-11(12)15(20)21/h1-2,5-6H,3-4,7-10H2,(H,20,21). The largest absolute Gasteiger partial charge is 0.478 e. The van der Waals surface area contributed by atoms with Crippen molar-refractivity contribution in [3.63, 3.8) is 0 Å². The number of para-hydroxylation sites is 1. The first-order chi connectivity index (χ1) is 10.0. The van der Waals surface area contributed by atoms with E-state index in [0.29, 0.717) is 12.8 Å². The minimum absolute atomic E-state index is 0.0124. The van der Waals surface area contributed by atoms with Crippen molar-refractivity contribution in [2.24, 2.45) is 5.41 Å². The van der Waals surface area contributed by atoms with Crippen LogP contribution in [-0.2, 0) is 9.59 Å². The molecule has 1 aliphatic carbocycles. The summed E-state index contributed by atoms with van der Waals surface area (Å²) in [7, 11) is 0. The summed E-state index contributed by atoms with van der Waals surface area (Å²) in [5, 5.41) is 9.22. The van der Waals surface area contributed by atoms with Crippen LogP contribution in [0.25, 0.3) is 0 Å². The number of piperidine rings is 1. The lowest BCUT2D eigenvalue weighted by atomic mass is 9.76. The van der Waals surface area contributed by atoms with Gasteiger partial charge in [0, 0.05) is 12.8 Å². The number of imide groups is 1. The van der Waals surface area contributed by atoms with E-state index in [1.54, 1.807) is 12.1 Å². The van der Waals surface area contributed by atoms with Crippen molar-refractivity contribution in [3.05, 3.63) is 29.8 Å². The van der Waals surface area contributed by atoms with Gasteiger partial charge in [0.15, 0.2) is 0 Å². The molecule has 2 amide bonds. The minimum atomic E-state index is -1.13. The fourth-order valence-corrected chi connectivity index (χ4v) is 3.60. The average molecular weight is 287 g/mol. The van der Waals surface area contributed by atoms with Gasteiger partial charge in [0.2, 0.25) is 11.8 Å². The third-order valence-electron chi connectivity index (χ3n) is 4.59. The summed E-state index contributed by atoms with van der Waals surface area (Å²) >= 11 is 0. The summed E-state index contributed by atoms with van der Waals surface area (Å²) in [6, 6.07) is 6.16. The fourth-order valence-electron chi connectivity index (χ4n) is 3.60. The molecule has 1 heterocycles. The molecule has 1 N–H and O–H groups in total. The summed E-state index contributed by atoms with van der Waals surface area (Å²) in [5.41, 5.74) is -0.00236. The summed E-state index contributed by atoms with van der Waals surface area (Å²) in [6.45, 7) is 0. The highest BCUT2D eigenvalue weighted by Crippen LogP contribution is 2.47. The van der Waals surface area contributed by atoms with Gasteiger partial charge in [-0.3, -0.25) is 9.59 Å². The molecule has 0 radical (unpaired) electrons. The number of amides is 2. The maximum Gasteiger partial charge on any atom is 0.337 e. The van der Waals surface area contributed by atoms with Gasteiger partial charge in [0.25, 0.3) is 0 Å². The molecule has 0 unspecified atom stereocenters. The fraction of sp³-hybridized carbons (Fsp3) is 0.438. The van der Waals surface area contributed by atoms with E-state index in [-0.39, 0.29) is 28.5 Å². The van der Waals surface area contributed by atoms with Crippen LogP contribution >= 0.6 is 0 Å². The number of carboxylic acid groups (broad SMARTS) is 1. The molecule has 0 aromatic heterocycles. The average Bonchev–Trinajstić information content (AvgIpc) is 2.86.